The Morgan fingerprint density at radius 3 is 2.68 bits per heavy atom. The van der Waals surface area contributed by atoms with E-state index in [0.29, 0.717) is 35.6 Å². The molecule has 2 heterocycles. The molecule has 0 saturated carbocycles. The third-order valence-electron chi connectivity index (χ3n) is 4.03. The number of anilines is 1. The highest BCUT2D eigenvalue weighted by Gasteiger charge is 2.24. The SMILES string of the molecule is COC(=O)c1ccc(NC(=O)N2CCc3nc(C)[nH]c(=O)c3C2)cc1. The monoisotopic (exact) mass is 342 g/mol. The maximum Gasteiger partial charge on any atom is 0.337 e. The van der Waals surface area contributed by atoms with Gasteiger partial charge in [0, 0.05) is 18.7 Å². The van der Waals surface area contributed by atoms with Gasteiger partial charge in [-0.15, -0.1) is 0 Å². The number of amides is 2. The van der Waals surface area contributed by atoms with Gasteiger partial charge in [-0.25, -0.2) is 14.6 Å². The summed E-state index contributed by atoms with van der Waals surface area (Å²) in [5.41, 5.74) is 2.02. The second-order valence-electron chi connectivity index (χ2n) is 5.75. The van der Waals surface area contributed by atoms with Crippen LogP contribution < -0.4 is 10.9 Å². The normalized spacial score (nSPS) is 13.1. The number of rotatable bonds is 2. The summed E-state index contributed by atoms with van der Waals surface area (Å²) in [4.78, 5) is 44.4. The summed E-state index contributed by atoms with van der Waals surface area (Å²) in [6.07, 6.45) is 0.536. The maximum absolute atomic E-state index is 12.4. The number of urea groups is 1. The number of hydrogen-bond acceptors (Lipinski definition) is 5. The Balaban J connectivity index is 1.70. The minimum Gasteiger partial charge on any atom is -0.465 e. The van der Waals surface area contributed by atoms with Crippen molar-refractivity contribution in [3.63, 3.8) is 0 Å². The third kappa shape index (κ3) is 3.52. The van der Waals surface area contributed by atoms with Crippen LogP contribution in [0, 0.1) is 6.92 Å². The van der Waals surface area contributed by atoms with Crippen molar-refractivity contribution in [1.82, 2.24) is 14.9 Å². The molecule has 8 nitrogen and oxygen atoms in total. The molecule has 8 heteroatoms. The molecular weight excluding hydrogens is 324 g/mol. The molecule has 2 N–H and O–H groups in total. The highest BCUT2D eigenvalue weighted by atomic mass is 16.5. The van der Waals surface area contributed by atoms with Crippen LogP contribution in [0.1, 0.15) is 27.4 Å². The van der Waals surface area contributed by atoms with E-state index in [-0.39, 0.29) is 18.1 Å². The lowest BCUT2D eigenvalue weighted by molar-refractivity contribution is 0.0600. The van der Waals surface area contributed by atoms with E-state index in [1.165, 1.54) is 7.11 Å². The van der Waals surface area contributed by atoms with Gasteiger partial charge in [0.05, 0.1) is 30.5 Å². The first-order valence-electron chi connectivity index (χ1n) is 7.81. The zero-order chi connectivity index (χ0) is 18.0. The third-order valence-corrected chi connectivity index (χ3v) is 4.03. The molecule has 0 atom stereocenters. The van der Waals surface area contributed by atoms with Gasteiger partial charge in [-0.3, -0.25) is 4.79 Å². The molecule has 0 radical (unpaired) electrons. The molecule has 1 aliphatic rings. The number of esters is 1. The minimum absolute atomic E-state index is 0.206. The second kappa shape index (κ2) is 6.76. The van der Waals surface area contributed by atoms with Gasteiger partial charge in [0.1, 0.15) is 5.82 Å². The number of carbonyl (C=O) groups excluding carboxylic acids is 2. The summed E-state index contributed by atoms with van der Waals surface area (Å²) in [5.74, 6) is 0.139. The van der Waals surface area contributed by atoms with Gasteiger partial charge in [0.15, 0.2) is 0 Å². The number of benzene rings is 1. The molecular formula is C17H18N4O4. The first-order valence-corrected chi connectivity index (χ1v) is 7.81. The van der Waals surface area contributed by atoms with Gasteiger partial charge < -0.3 is 19.9 Å². The molecule has 0 spiro atoms. The van der Waals surface area contributed by atoms with E-state index in [1.54, 1.807) is 36.1 Å². The molecule has 0 unspecified atom stereocenters. The van der Waals surface area contributed by atoms with Gasteiger partial charge in [-0.2, -0.15) is 0 Å². The van der Waals surface area contributed by atoms with Crippen LogP contribution in [0.4, 0.5) is 10.5 Å². The predicted octanol–water partition coefficient (Wildman–Crippen LogP) is 1.46. The van der Waals surface area contributed by atoms with Crippen LogP contribution >= 0.6 is 0 Å². The van der Waals surface area contributed by atoms with Crippen LogP contribution in [0.2, 0.25) is 0 Å². The highest BCUT2D eigenvalue weighted by Crippen LogP contribution is 2.16. The summed E-state index contributed by atoms with van der Waals surface area (Å²) >= 11 is 0. The van der Waals surface area contributed by atoms with Crippen molar-refractivity contribution in [3.05, 3.63) is 57.3 Å². The standard InChI is InChI=1S/C17H18N4O4/c1-10-18-14-7-8-21(9-13(14)15(22)19-10)17(24)20-12-5-3-11(4-6-12)16(23)25-2/h3-6H,7-9H2,1-2H3,(H,20,24)(H,18,19,22). The van der Waals surface area contributed by atoms with Gasteiger partial charge in [0.2, 0.25) is 0 Å². The van der Waals surface area contributed by atoms with E-state index >= 15 is 0 Å². The minimum atomic E-state index is -0.437. The van der Waals surface area contributed by atoms with Crippen molar-refractivity contribution < 1.29 is 14.3 Å². The topological polar surface area (TPSA) is 104 Å². The fourth-order valence-electron chi connectivity index (χ4n) is 2.73. The number of aryl methyl sites for hydroxylation is 1. The number of ether oxygens (including phenoxy) is 1. The number of fused-ring (bicyclic) bond motifs is 1. The van der Waals surface area contributed by atoms with Crippen LogP contribution in [-0.4, -0.2) is 40.5 Å². The maximum atomic E-state index is 12.4. The summed E-state index contributed by atoms with van der Waals surface area (Å²) in [7, 11) is 1.31. The molecule has 0 fully saturated rings. The number of carbonyl (C=O) groups is 2. The Morgan fingerprint density at radius 2 is 2.00 bits per heavy atom. The Morgan fingerprint density at radius 1 is 1.28 bits per heavy atom. The lowest BCUT2D eigenvalue weighted by atomic mass is 10.1. The van der Waals surface area contributed by atoms with Crippen LogP contribution in [-0.2, 0) is 17.7 Å². The van der Waals surface area contributed by atoms with E-state index in [9.17, 15) is 14.4 Å². The Labute approximate surface area is 143 Å². The largest absolute Gasteiger partial charge is 0.465 e. The smallest absolute Gasteiger partial charge is 0.337 e. The Bertz CT molecular complexity index is 873. The van der Waals surface area contributed by atoms with E-state index < -0.39 is 5.97 Å². The average Bonchev–Trinajstić information content (AvgIpc) is 2.61. The van der Waals surface area contributed by atoms with Crippen LogP contribution in [0.15, 0.2) is 29.1 Å². The molecule has 1 aliphatic heterocycles. The molecule has 2 amide bonds. The quantitative estimate of drug-likeness (QED) is 0.804. The molecule has 0 saturated heterocycles. The van der Waals surface area contributed by atoms with Crippen molar-refractivity contribution in [2.75, 3.05) is 19.0 Å². The van der Waals surface area contributed by atoms with Crippen LogP contribution in [0.3, 0.4) is 0 Å². The Hall–Kier alpha value is -3.16. The van der Waals surface area contributed by atoms with E-state index in [1.807, 2.05) is 0 Å². The van der Waals surface area contributed by atoms with E-state index in [0.717, 1.165) is 5.69 Å². The number of nitrogens with one attached hydrogen (secondary N) is 2. The molecule has 2 aromatic rings. The number of aromatic nitrogens is 2. The fraction of sp³-hybridized carbons (Fsp3) is 0.294. The van der Waals surface area contributed by atoms with Gasteiger partial charge in [0.25, 0.3) is 5.56 Å². The second-order valence-corrected chi connectivity index (χ2v) is 5.75. The van der Waals surface area contributed by atoms with Crippen LogP contribution in [0.25, 0.3) is 0 Å². The molecule has 3 rings (SSSR count). The first kappa shape index (κ1) is 16.7. The van der Waals surface area contributed by atoms with E-state index in [2.05, 4.69) is 20.0 Å². The average molecular weight is 342 g/mol. The molecule has 1 aromatic heterocycles. The summed E-state index contributed by atoms with van der Waals surface area (Å²) in [5, 5.41) is 2.76. The van der Waals surface area contributed by atoms with E-state index in [4.69, 9.17) is 0 Å². The predicted molar refractivity (Wildman–Crippen MR) is 90.5 cm³/mol. The highest BCUT2D eigenvalue weighted by molar-refractivity contribution is 5.92. The van der Waals surface area contributed by atoms with Crippen molar-refractivity contribution in [2.24, 2.45) is 0 Å². The number of aromatic amines is 1. The van der Waals surface area contributed by atoms with Crippen molar-refractivity contribution in [3.8, 4) is 0 Å². The summed E-state index contributed by atoms with van der Waals surface area (Å²) in [6.45, 7) is 2.43. The number of H-pyrrole nitrogens is 1. The zero-order valence-electron chi connectivity index (χ0n) is 14.0. The van der Waals surface area contributed by atoms with Crippen molar-refractivity contribution >= 4 is 17.7 Å². The number of nitrogens with zero attached hydrogens (tertiary/aromatic N) is 2. The summed E-state index contributed by atoms with van der Waals surface area (Å²) in [6, 6.07) is 6.09. The summed E-state index contributed by atoms with van der Waals surface area (Å²) < 4.78 is 4.63. The van der Waals surface area contributed by atoms with Gasteiger partial charge in [-0.05, 0) is 31.2 Å². The zero-order valence-corrected chi connectivity index (χ0v) is 14.0. The molecule has 25 heavy (non-hydrogen) atoms. The lowest BCUT2D eigenvalue weighted by Gasteiger charge is -2.27. The first-order chi connectivity index (χ1) is 12.0. The number of methoxy groups -OCH3 is 1. The fourth-order valence-corrected chi connectivity index (χ4v) is 2.73. The molecule has 0 bridgehead atoms. The van der Waals surface area contributed by atoms with Gasteiger partial charge >= 0.3 is 12.0 Å². The lowest BCUT2D eigenvalue weighted by Crippen LogP contribution is -2.41. The molecule has 130 valence electrons. The molecule has 1 aromatic carbocycles. The Kier molecular flexibility index (Phi) is 4.51. The van der Waals surface area contributed by atoms with Crippen LogP contribution in [0.5, 0.6) is 0 Å². The molecule has 0 aliphatic carbocycles. The van der Waals surface area contributed by atoms with Gasteiger partial charge in [-0.1, -0.05) is 0 Å². The number of hydrogen-bond donors (Lipinski definition) is 2. The van der Waals surface area contributed by atoms with Crippen molar-refractivity contribution in [2.45, 2.75) is 19.9 Å². The van der Waals surface area contributed by atoms with Crippen molar-refractivity contribution in [1.29, 1.82) is 0 Å².